The van der Waals surface area contributed by atoms with E-state index in [1.807, 2.05) is 0 Å². The lowest BCUT2D eigenvalue weighted by Crippen LogP contribution is -2.43. The van der Waals surface area contributed by atoms with Crippen LogP contribution in [0.3, 0.4) is 0 Å². The van der Waals surface area contributed by atoms with Crippen molar-refractivity contribution in [3.63, 3.8) is 0 Å². The van der Waals surface area contributed by atoms with Gasteiger partial charge in [0.25, 0.3) is 0 Å². The van der Waals surface area contributed by atoms with Gasteiger partial charge < -0.3 is 10.2 Å². The van der Waals surface area contributed by atoms with Crippen molar-refractivity contribution in [2.75, 3.05) is 33.2 Å². The van der Waals surface area contributed by atoms with Crippen LogP contribution in [0.1, 0.15) is 53.4 Å². The van der Waals surface area contributed by atoms with Gasteiger partial charge in [-0.2, -0.15) is 0 Å². The lowest BCUT2D eigenvalue weighted by Gasteiger charge is -2.36. The van der Waals surface area contributed by atoms with E-state index in [4.69, 9.17) is 0 Å². The van der Waals surface area contributed by atoms with Crippen molar-refractivity contribution >= 4 is 0 Å². The van der Waals surface area contributed by atoms with Crippen LogP contribution in [-0.2, 0) is 0 Å². The van der Waals surface area contributed by atoms with Crippen LogP contribution < -0.4 is 5.32 Å². The largest absolute Gasteiger partial charge is 0.316 e. The molecule has 2 heteroatoms. The average Bonchev–Trinajstić information content (AvgIpc) is 3.11. The summed E-state index contributed by atoms with van der Waals surface area (Å²) in [5.41, 5.74) is 0.471. The zero-order valence-corrected chi connectivity index (χ0v) is 13.3. The third-order valence-electron chi connectivity index (χ3n) is 4.42. The second kappa shape index (κ2) is 7.49. The van der Waals surface area contributed by atoms with Crippen molar-refractivity contribution in [1.29, 1.82) is 0 Å². The smallest absolute Gasteiger partial charge is 0.00470 e. The topological polar surface area (TPSA) is 15.3 Å². The Balaban J connectivity index is 2.38. The number of nitrogens with one attached hydrogen (secondary N) is 1. The summed E-state index contributed by atoms with van der Waals surface area (Å²) in [6, 6.07) is 0. The Kier molecular flexibility index (Phi) is 6.65. The molecule has 1 aliphatic rings. The summed E-state index contributed by atoms with van der Waals surface area (Å²) in [7, 11) is 2.31. The minimum absolute atomic E-state index is 0.471. The molecule has 0 radical (unpaired) electrons. The summed E-state index contributed by atoms with van der Waals surface area (Å²) in [5, 5.41) is 3.68. The van der Waals surface area contributed by atoms with Gasteiger partial charge in [0.1, 0.15) is 0 Å². The Bertz CT molecular complexity index is 217. The first-order chi connectivity index (χ1) is 8.51. The fourth-order valence-corrected chi connectivity index (χ4v) is 2.78. The maximum atomic E-state index is 3.68. The third kappa shape index (κ3) is 5.71. The van der Waals surface area contributed by atoms with E-state index in [0.29, 0.717) is 5.41 Å². The first-order valence-electron chi connectivity index (χ1n) is 7.90. The van der Waals surface area contributed by atoms with Crippen LogP contribution in [0.5, 0.6) is 0 Å². The molecule has 0 aliphatic heterocycles. The summed E-state index contributed by atoms with van der Waals surface area (Å²) in [6.07, 6.45) is 5.48. The van der Waals surface area contributed by atoms with E-state index in [1.165, 1.54) is 45.3 Å². The van der Waals surface area contributed by atoms with Crippen molar-refractivity contribution in [3.8, 4) is 0 Å². The lowest BCUT2D eigenvalue weighted by atomic mass is 9.81. The van der Waals surface area contributed by atoms with Crippen molar-refractivity contribution in [2.24, 2.45) is 17.3 Å². The fourth-order valence-electron chi connectivity index (χ4n) is 2.78. The summed E-state index contributed by atoms with van der Waals surface area (Å²) in [6.45, 7) is 14.2. The SMILES string of the molecule is CCC(CC)(CNCC(C)C)CN(C)CC1CC1. The Morgan fingerprint density at radius 1 is 1.22 bits per heavy atom. The first kappa shape index (κ1) is 16.0. The summed E-state index contributed by atoms with van der Waals surface area (Å²) in [5.74, 6) is 1.76. The molecule has 108 valence electrons. The highest BCUT2D eigenvalue weighted by atomic mass is 15.1. The van der Waals surface area contributed by atoms with Crippen LogP contribution >= 0.6 is 0 Å². The zero-order chi connectivity index (χ0) is 13.6. The predicted molar refractivity (Wildman–Crippen MR) is 80.9 cm³/mol. The van der Waals surface area contributed by atoms with Gasteiger partial charge in [0.2, 0.25) is 0 Å². The van der Waals surface area contributed by atoms with Gasteiger partial charge in [-0.1, -0.05) is 27.7 Å². The Morgan fingerprint density at radius 2 is 1.83 bits per heavy atom. The molecule has 1 rings (SSSR count). The molecule has 0 bridgehead atoms. The van der Waals surface area contributed by atoms with E-state index in [0.717, 1.165) is 18.4 Å². The van der Waals surface area contributed by atoms with Gasteiger partial charge >= 0.3 is 0 Å². The maximum Gasteiger partial charge on any atom is 0.00470 e. The predicted octanol–water partition coefficient (Wildman–Crippen LogP) is 3.38. The van der Waals surface area contributed by atoms with Gasteiger partial charge in [0.15, 0.2) is 0 Å². The monoisotopic (exact) mass is 254 g/mol. The van der Waals surface area contributed by atoms with Crippen LogP contribution in [0.25, 0.3) is 0 Å². The van der Waals surface area contributed by atoms with E-state index >= 15 is 0 Å². The normalized spacial score (nSPS) is 16.8. The summed E-state index contributed by atoms with van der Waals surface area (Å²) >= 11 is 0. The zero-order valence-electron chi connectivity index (χ0n) is 13.3. The Hall–Kier alpha value is -0.0800. The number of rotatable bonds is 10. The quantitative estimate of drug-likeness (QED) is 0.643. The molecule has 0 aromatic rings. The number of hydrogen-bond donors (Lipinski definition) is 1. The Labute approximate surface area is 115 Å². The third-order valence-corrected chi connectivity index (χ3v) is 4.42. The van der Waals surface area contributed by atoms with E-state index in [9.17, 15) is 0 Å². The van der Waals surface area contributed by atoms with Crippen LogP contribution in [0.15, 0.2) is 0 Å². The molecule has 0 aromatic heterocycles. The molecular weight excluding hydrogens is 220 g/mol. The van der Waals surface area contributed by atoms with Crippen molar-refractivity contribution in [2.45, 2.75) is 53.4 Å². The first-order valence-corrected chi connectivity index (χ1v) is 7.90. The minimum atomic E-state index is 0.471. The number of hydrogen-bond acceptors (Lipinski definition) is 2. The van der Waals surface area contributed by atoms with Gasteiger partial charge in [-0.15, -0.1) is 0 Å². The molecule has 18 heavy (non-hydrogen) atoms. The van der Waals surface area contributed by atoms with E-state index in [1.54, 1.807) is 0 Å². The standard InChI is InChI=1S/C16H34N2/c1-6-16(7-2,12-17-10-14(3)4)13-18(5)11-15-8-9-15/h14-15,17H,6-13H2,1-5H3. The van der Waals surface area contributed by atoms with Crippen LogP contribution in [0.4, 0.5) is 0 Å². The molecule has 0 heterocycles. The molecule has 1 fully saturated rings. The van der Waals surface area contributed by atoms with Gasteiger partial charge in [-0.3, -0.25) is 0 Å². The van der Waals surface area contributed by atoms with Crippen LogP contribution in [-0.4, -0.2) is 38.1 Å². The number of nitrogens with zero attached hydrogens (tertiary/aromatic N) is 1. The van der Waals surface area contributed by atoms with Crippen molar-refractivity contribution in [3.05, 3.63) is 0 Å². The second-order valence-electron chi connectivity index (χ2n) is 6.87. The second-order valence-corrected chi connectivity index (χ2v) is 6.87. The van der Waals surface area contributed by atoms with Gasteiger partial charge in [0, 0.05) is 19.6 Å². The highest BCUT2D eigenvalue weighted by Gasteiger charge is 2.30. The minimum Gasteiger partial charge on any atom is -0.316 e. The molecule has 2 nitrogen and oxygen atoms in total. The van der Waals surface area contributed by atoms with Crippen molar-refractivity contribution < 1.29 is 0 Å². The van der Waals surface area contributed by atoms with E-state index in [2.05, 4.69) is 45.0 Å². The molecule has 0 aromatic carbocycles. The maximum absolute atomic E-state index is 3.68. The lowest BCUT2D eigenvalue weighted by molar-refractivity contribution is 0.150. The van der Waals surface area contributed by atoms with Crippen molar-refractivity contribution in [1.82, 2.24) is 10.2 Å². The molecular formula is C16H34N2. The van der Waals surface area contributed by atoms with Crippen LogP contribution in [0.2, 0.25) is 0 Å². The van der Waals surface area contributed by atoms with E-state index < -0.39 is 0 Å². The molecule has 0 atom stereocenters. The molecule has 0 spiro atoms. The Morgan fingerprint density at radius 3 is 2.28 bits per heavy atom. The molecule has 0 amide bonds. The highest BCUT2D eigenvalue weighted by Crippen LogP contribution is 2.32. The van der Waals surface area contributed by atoms with Crippen LogP contribution in [0, 0.1) is 17.3 Å². The molecule has 1 saturated carbocycles. The van der Waals surface area contributed by atoms with Gasteiger partial charge in [-0.05, 0) is 56.5 Å². The molecule has 1 aliphatic carbocycles. The van der Waals surface area contributed by atoms with Gasteiger partial charge in [-0.25, -0.2) is 0 Å². The van der Waals surface area contributed by atoms with E-state index in [-0.39, 0.29) is 0 Å². The van der Waals surface area contributed by atoms with Gasteiger partial charge in [0.05, 0.1) is 0 Å². The fraction of sp³-hybridized carbons (Fsp3) is 1.00. The average molecular weight is 254 g/mol. The highest BCUT2D eigenvalue weighted by molar-refractivity contribution is 4.84. The molecule has 1 N–H and O–H groups in total. The summed E-state index contributed by atoms with van der Waals surface area (Å²) < 4.78 is 0. The summed E-state index contributed by atoms with van der Waals surface area (Å²) in [4.78, 5) is 2.57. The molecule has 0 saturated heterocycles. The molecule has 0 unspecified atom stereocenters.